The number of aliphatic hydroxyl groups is 1. The first kappa shape index (κ1) is 15.5. The quantitative estimate of drug-likeness (QED) is 0.880. The minimum Gasteiger partial charge on any atom is -0.385 e. The lowest BCUT2D eigenvalue weighted by molar-refractivity contribution is -0.0925. The Morgan fingerprint density at radius 1 is 1.27 bits per heavy atom. The van der Waals surface area contributed by atoms with Crippen molar-refractivity contribution < 1.29 is 9.84 Å². The van der Waals surface area contributed by atoms with Crippen LogP contribution in [0.5, 0.6) is 0 Å². The third-order valence-electron chi connectivity index (χ3n) is 4.33. The number of hydrogen-bond acceptors (Lipinski definition) is 4. The van der Waals surface area contributed by atoms with Crippen LogP contribution >= 0.6 is 11.6 Å². The Balaban J connectivity index is 1.84. The van der Waals surface area contributed by atoms with E-state index in [-0.39, 0.29) is 17.6 Å². The standard InChI is InChI=1S/C16H20ClN3O2/c1-15(2,3)16(21,8-20-10-18-9-19-20)14-13(22-14)11-4-6-12(17)7-5-11/h4-7,9-10,13-14,21H,8H2,1-3H3/t13-,14+,16-/m0/s1. The minimum atomic E-state index is -1.05. The number of halogens is 1. The third-order valence-corrected chi connectivity index (χ3v) is 4.58. The first-order chi connectivity index (χ1) is 10.3. The smallest absolute Gasteiger partial charge is 0.137 e. The molecule has 3 atom stereocenters. The zero-order valence-corrected chi connectivity index (χ0v) is 13.7. The molecule has 1 N–H and O–H groups in total. The number of aromatic nitrogens is 3. The maximum Gasteiger partial charge on any atom is 0.137 e. The average molecular weight is 322 g/mol. The van der Waals surface area contributed by atoms with Gasteiger partial charge in [-0.3, -0.25) is 0 Å². The molecule has 1 aliphatic heterocycles. The van der Waals surface area contributed by atoms with Gasteiger partial charge in [-0.25, -0.2) is 9.67 Å². The molecule has 0 bridgehead atoms. The van der Waals surface area contributed by atoms with Crippen molar-refractivity contribution in [1.29, 1.82) is 0 Å². The highest BCUT2D eigenvalue weighted by Gasteiger charge is 2.60. The molecule has 1 aromatic carbocycles. The molecule has 1 aliphatic rings. The number of benzene rings is 1. The predicted octanol–water partition coefficient (Wildman–Crippen LogP) is 2.85. The van der Waals surface area contributed by atoms with E-state index in [1.54, 1.807) is 11.0 Å². The summed E-state index contributed by atoms with van der Waals surface area (Å²) in [5.74, 6) is 0. The molecule has 1 fully saturated rings. The largest absolute Gasteiger partial charge is 0.385 e. The molecule has 1 saturated heterocycles. The van der Waals surface area contributed by atoms with Gasteiger partial charge < -0.3 is 9.84 Å². The van der Waals surface area contributed by atoms with E-state index >= 15 is 0 Å². The van der Waals surface area contributed by atoms with Crippen LogP contribution in [0.15, 0.2) is 36.9 Å². The molecule has 1 aromatic heterocycles. The van der Waals surface area contributed by atoms with Crippen molar-refractivity contribution in [2.75, 3.05) is 0 Å². The molecule has 0 amide bonds. The number of hydrogen-bond donors (Lipinski definition) is 1. The SMILES string of the molecule is CC(C)(C)[C@](O)(Cn1cncn1)[C@@H]1O[C@H]1c1ccc(Cl)cc1. The summed E-state index contributed by atoms with van der Waals surface area (Å²) in [6.07, 6.45) is 2.67. The molecule has 2 aromatic rings. The molecule has 0 spiro atoms. The summed E-state index contributed by atoms with van der Waals surface area (Å²) in [6, 6.07) is 7.55. The van der Waals surface area contributed by atoms with Crippen LogP contribution in [0, 0.1) is 5.41 Å². The maximum atomic E-state index is 11.3. The van der Waals surface area contributed by atoms with Crippen LogP contribution < -0.4 is 0 Å². The molecular weight excluding hydrogens is 302 g/mol. The van der Waals surface area contributed by atoms with Crippen molar-refractivity contribution in [2.45, 2.75) is 45.1 Å². The van der Waals surface area contributed by atoms with E-state index in [4.69, 9.17) is 16.3 Å². The van der Waals surface area contributed by atoms with E-state index in [0.29, 0.717) is 11.6 Å². The van der Waals surface area contributed by atoms with Gasteiger partial charge in [0.2, 0.25) is 0 Å². The Morgan fingerprint density at radius 2 is 1.95 bits per heavy atom. The van der Waals surface area contributed by atoms with Gasteiger partial charge in [0.25, 0.3) is 0 Å². The van der Waals surface area contributed by atoms with Crippen LogP contribution in [0.3, 0.4) is 0 Å². The second-order valence-electron chi connectivity index (χ2n) is 6.80. The molecule has 0 aliphatic carbocycles. The summed E-state index contributed by atoms with van der Waals surface area (Å²) < 4.78 is 7.47. The minimum absolute atomic E-state index is 0.120. The molecule has 0 saturated carbocycles. The van der Waals surface area contributed by atoms with E-state index in [9.17, 15) is 5.11 Å². The fraction of sp³-hybridized carbons (Fsp3) is 0.500. The van der Waals surface area contributed by atoms with Gasteiger partial charge in [-0.15, -0.1) is 0 Å². The van der Waals surface area contributed by atoms with Crippen LogP contribution in [-0.4, -0.2) is 31.6 Å². The molecule has 0 radical (unpaired) electrons. The van der Waals surface area contributed by atoms with Crippen LogP contribution in [0.2, 0.25) is 5.02 Å². The van der Waals surface area contributed by atoms with Gasteiger partial charge in [0.15, 0.2) is 0 Å². The number of epoxide rings is 1. The lowest BCUT2D eigenvalue weighted by Crippen LogP contribution is -2.51. The summed E-state index contributed by atoms with van der Waals surface area (Å²) in [5, 5.41) is 16.1. The van der Waals surface area contributed by atoms with Gasteiger partial charge in [0.1, 0.15) is 30.5 Å². The summed E-state index contributed by atoms with van der Waals surface area (Å²) in [4.78, 5) is 3.94. The van der Waals surface area contributed by atoms with Crippen molar-refractivity contribution in [2.24, 2.45) is 5.41 Å². The second kappa shape index (κ2) is 5.33. The molecule has 118 valence electrons. The molecule has 5 nitrogen and oxygen atoms in total. The molecule has 3 rings (SSSR count). The normalized spacial score (nSPS) is 24.0. The number of rotatable bonds is 4. The molecule has 2 heterocycles. The van der Waals surface area contributed by atoms with Gasteiger partial charge in [0, 0.05) is 5.02 Å². The van der Waals surface area contributed by atoms with E-state index in [1.807, 2.05) is 45.0 Å². The van der Waals surface area contributed by atoms with Gasteiger partial charge in [0.05, 0.1) is 6.54 Å². The van der Waals surface area contributed by atoms with E-state index in [0.717, 1.165) is 5.56 Å². The summed E-state index contributed by atoms with van der Waals surface area (Å²) >= 11 is 5.92. The van der Waals surface area contributed by atoms with Crippen LogP contribution in [-0.2, 0) is 11.3 Å². The van der Waals surface area contributed by atoms with Crippen molar-refractivity contribution >= 4 is 11.6 Å². The second-order valence-corrected chi connectivity index (χ2v) is 7.23. The highest BCUT2D eigenvalue weighted by atomic mass is 35.5. The number of nitrogens with zero attached hydrogens (tertiary/aromatic N) is 3. The van der Waals surface area contributed by atoms with Crippen molar-refractivity contribution in [3.63, 3.8) is 0 Å². The Morgan fingerprint density at radius 3 is 2.50 bits per heavy atom. The van der Waals surface area contributed by atoms with Crippen molar-refractivity contribution in [1.82, 2.24) is 14.8 Å². The Kier molecular flexibility index (Phi) is 3.75. The Bertz CT molecular complexity index is 636. The van der Waals surface area contributed by atoms with E-state index < -0.39 is 5.60 Å². The van der Waals surface area contributed by atoms with Crippen LogP contribution in [0.4, 0.5) is 0 Å². The lowest BCUT2D eigenvalue weighted by Gasteiger charge is -2.39. The molecule has 6 heteroatoms. The van der Waals surface area contributed by atoms with Crippen molar-refractivity contribution in [3.05, 3.63) is 47.5 Å². The maximum absolute atomic E-state index is 11.3. The molecule has 22 heavy (non-hydrogen) atoms. The van der Waals surface area contributed by atoms with Crippen LogP contribution in [0.1, 0.15) is 32.4 Å². The molecule has 0 unspecified atom stereocenters. The Hall–Kier alpha value is -1.43. The zero-order valence-electron chi connectivity index (χ0n) is 12.9. The predicted molar refractivity (Wildman–Crippen MR) is 83.5 cm³/mol. The summed E-state index contributed by atoms with van der Waals surface area (Å²) in [5.41, 5.74) is -0.397. The average Bonchev–Trinajstić information content (AvgIpc) is 3.09. The highest BCUT2D eigenvalue weighted by Crippen LogP contribution is 2.51. The van der Waals surface area contributed by atoms with Gasteiger partial charge in [-0.2, -0.15) is 5.10 Å². The first-order valence-corrected chi connectivity index (χ1v) is 7.65. The van der Waals surface area contributed by atoms with Gasteiger partial charge in [-0.1, -0.05) is 44.5 Å². The molecular formula is C16H20ClN3O2. The monoisotopic (exact) mass is 321 g/mol. The topological polar surface area (TPSA) is 63.5 Å². The number of ether oxygens (including phenoxy) is 1. The fourth-order valence-electron chi connectivity index (χ4n) is 2.70. The Labute approximate surface area is 134 Å². The fourth-order valence-corrected chi connectivity index (χ4v) is 2.82. The van der Waals surface area contributed by atoms with Gasteiger partial charge >= 0.3 is 0 Å². The van der Waals surface area contributed by atoms with Crippen molar-refractivity contribution in [3.8, 4) is 0 Å². The highest BCUT2D eigenvalue weighted by molar-refractivity contribution is 6.30. The third kappa shape index (κ3) is 2.76. The summed E-state index contributed by atoms with van der Waals surface area (Å²) in [6.45, 7) is 6.35. The lowest BCUT2D eigenvalue weighted by atomic mass is 9.73. The summed E-state index contributed by atoms with van der Waals surface area (Å²) in [7, 11) is 0. The van der Waals surface area contributed by atoms with Gasteiger partial charge in [-0.05, 0) is 23.1 Å². The zero-order chi connectivity index (χ0) is 16.0. The van der Waals surface area contributed by atoms with E-state index in [1.165, 1.54) is 6.33 Å². The first-order valence-electron chi connectivity index (χ1n) is 7.27. The van der Waals surface area contributed by atoms with E-state index in [2.05, 4.69) is 10.1 Å². The van der Waals surface area contributed by atoms with Crippen LogP contribution in [0.25, 0.3) is 0 Å².